The summed E-state index contributed by atoms with van der Waals surface area (Å²) in [5.74, 6) is -0.454. The molecule has 1 aliphatic rings. The number of nitrogens with one attached hydrogen (secondary N) is 1. The first-order valence-corrected chi connectivity index (χ1v) is 7.54. The Hall–Kier alpha value is -1.84. The van der Waals surface area contributed by atoms with Gasteiger partial charge in [0.25, 0.3) is 0 Å². The number of hydrogen-bond acceptors (Lipinski definition) is 3. The second kappa shape index (κ2) is 6.29. The van der Waals surface area contributed by atoms with Gasteiger partial charge in [0, 0.05) is 0 Å². The lowest BCUT2D eigenvalue weighted by atomic mass is 9.63. The van der Waals surface area contributed by atoms with Crippen molar-refractivity contribution in [3.05, 3.63) is 35.4 Å². The van der Waals surface area contributed by atoms with E-state index in [4.69, 9.17) is 4.74 Å². The number of aryl methyl sites for hydroxylation is 1. The fourth-order valence-corrected chi connectivity index (χ4v) is 2.78. The Labute approximate surface area is 125 Å². The molecule has 1 atom stereocenters. The Morgan fingerprint density at radius 1 is 1.38 bits per heavy atom. The molecule has 1 aromatic carbocycles. The lowest BCUT2D eigenvalue weighted by molar-refractivity contribution is -0.148. The lowest BCUT2D eigenvalue weighted by Gasteiger charge is -2.41. The molecule has 0 radical (unpaired) electrons. The van der Waals surface area contributed by atoms with Gasteiger partial charge in [0.1, 0.15) is 6.04 Å². The zero-order valence-corrected chi connectivity index (χ0v) is 12.9. The molecule has 0 spiro atoms. The van der Waals surface area contributed by atoms with Crippen molar-refractivity contribution in [1.29, 1.82) is 0 Å². The van der Waals surface area contributed by atoms with Gasteiger partial charge in [-0.1, -0.05) is 36.2 Å². The molecule has 4 nitrogen and oxygen atoms in total. The molecule has 1 aromatic rings. The van der Waals surface area contributed by atoms with Gasteiger partial charge in [-0.05, 0) is 39.2 Å². The Kier molecular flexibility index (Phi) is 4.66. The number of ether oxygens (including phenoxy) is 1. The second-order valence-corrected chi connectivity index (χ2v) is 5.75. The molecule has 1 aliphatic carbocycles. The van der Waals surface area contributed by atoms with E-state index in [9.17, 15) is 9.59 Å². The largest absolute Gasteiger partial charge is 0.464 e. The molecule has 0 bridgehead atoms. The SMILES string of the molecule is CCOC(=O)C(C)NC(=O)C1(c2cccc(C)c2)CCC1. The summed E-state index contributed by atoms with van der Waals surface area (Å²) >= 11 is 0. The van der Waals surface area contributed by atoms with Gasteiger partial charge in [-0.15, -0.1) is 0 Å². The number of carbonyl (C=O) groups excluding carboxylic acids is 2. The molecule has 1 N–H and O–H groups in total. The molecule has 114 valence electrons. The summed E-state index contributed by atoms with van der Waals surface area (Å²) < 4.78 is 4.94. The quantitative estimate of drug-likeness (QED) is 0.847. The van der Waals surface area contributed by atoms with Crippen LogP contribution in [0.1, 0.15) is 44.2 Å². The topological polar surface area (TPSA) is 55.4 Å². The van der Waals surface area contributed by atoms with Crippen molar-refractivity contribution in [2.24, 2.45) is 0 Å². The molecule has 21 heavy (non-hydrogen) atoms. The van der Waals surface area contributed by atoms with Crippen LogP contribution in [0.15, 0.2) is 24.3 Å². The van der Waals surface area contributed by atoms with E-state index in [1.807, 2.05) is 25.1 Å². The van der Waals surface area contributed by atoms with Crippen LogP contribution >= 0.6 is 0 Å². The third-order valence-corrected chi connectivity index (χ3v) is 4.20. The summed E-state index contributed by atoms with van der Waals surface area (Å²) in [5.41, 5.74) is 1.71. The summed E-state index contributed by atoms with van der Waals surface area (Å²) in [4.78, 5) is 24.3. The molecule has 0 heterocycles. The highest BCUT2D eigenvalue weighted by atomic mass is 16.5. The lowest BCUT2D eigenvalue weighted by Crippen LogP contribution is -2.53. The number of hydrogen-bond donors (Lipinski definition) is 1. The highest BCUT2D eigenvalue weighted by Gasteiger charge is 2.46. The van der Waals surface area contributed by atoms with E-state index in [1.54, 1.807) is 13.8 Å². The predicted octanol–water partition coefficient (Wildman–Crippen LogP) is 2.48. The van der Waals surface area contributed by atoms with Crippen molar-refractivity contribution >= 4 is 11.9 Å². The van der Waals surface area contributed by atoms with Crippen LogP contribution in [0.2, 0.25) is 0 Å². The summed E-state index contributed by atoms with van der Waals surface area (Å²) in [5, 5.41) is 2.81. The molecule has 0 saturated heterocycles. The van der Waals surface area contributed by atoms with Crippen LogP contribution < -0.4 is 5.32 Å². The molecular formula is C17H23NO3. The smallest absolute Gasteiger partial charge is 0.328 e. The van der Waals surface area contributed by atoms with Gasteiger partial charge >= 0.3 is 5.97 Å². The Balaban J connectivity index is 2.14. The molecule has 0 aromatic heterocycles. The number of rotatable bonds is 5. The highest BCUT2D eigenvalue weighted by Crippen LogP contribution is 2.44. The summed E-state index contributed by atoms with van der Waals surface area (Å²) in [6, 6.07) is 7.45. The zero-order valence-electron chi connectivity index (χ0n) is 12.9. The first-order valence-electron chi connectivity index (χ1n) is 7.54. The summed E-state index contributed by atoms with van der Waals surface area (Å²) in [7, 11) is 0. The van der Waals surface area contributed by atoms with Gasteiger partial charge in [-0.2, -0.15) is 0 Å². The fraction of sp³-hybridized carbons (Fsp3) is 0.529. The van der Waals surface area contributed by atoms with E-state index in [2.05, 4.69) is 11.4 Å². The monoisotopic (exact) mass is 289 g/mol. The van der Waals surface area contributed by atoms with E-state index in [-0.39, 0.29) is 11.9 Å². The van der Waals surface area contributed by atoms with Crippen molar-refractivity contribution < 1.29 is 14.3 Å². The van der Waals surface area contributed by atoms with E-state index >= 15 is 0 Å². The molecule has 1 fully saturated rings. The van der Waals surface area contributed by atoms with Crippen molar-refractivity contribution in [1.82, 2.24) is 5.32 Å². The maximum absolute atomic E-state index is 12.7. The van der Waals surface area contributed by atoms with Crippen molar-refractivity contribution in [2.45, 2.75) is 51.5 Å². The van der Waals surface area contributed by atoms with Crippen LogP contribution in [-0.2, 0) is 19.7 Å². The third kappa shape index (κ3) is 3.09. The second-order valence-electron chi connectivity index (χ2n) is 5.75. The van der Waals surface area contributed by atoms with Crippen LogP contribution in [0.4, 0.5) is 0 Å². The first-order chi connectivity index (χ1) is 9.99. The number of amides is 1. The normalized spacial score (nSPS) is 17.5. The molecule has 1 amide bonds. The van der Waals surface area contributed by atoms with Crippen LogP contribution in [-0.4, -0.2) is 24.5 Å². The van der Waals surface area contributed by atoms with Gasteiger partial charge in [0.15, 0.2) is 0 Å². The molecule has 1 unspecified atom stereocenters. The molecule has 0 aliphatic heterocycles. The minimum Gasteiger partial charge on any atom is -0.464 e. The standard InChI is InChI=1S/C17H23NO3/c1-4-21-15(19)13(3)18-16(20)17(9-6-10-17)14-8-5-7-12(2)11-14/h5,7-8,11,13H,4,6,9-10H2,1-3H3,(H,18,20). The zero-order chi connectivity index (χ0) is 15.5. The molecule has 1 saturated carbocycles. The van der Waals surface area contributed by atoms with Gasteiger partial charge in [-0.3, -0.25) is 4.79 Å². The molecule has 4 heteroatoms. The van der Waals surface area contributed by atoms with Gasteiger partial charge in [0.05, 0.1) is 12.0 Å². The average molecular weight is 289 g/mol. The molecular weight excluding hydrogens is 266 g/mol. The Morgan fingerprint density at radius 2 is 2.10 bits per heavy atom. The Morgan fingerprint density at radius 3 is 2.62 bits per heavy atom. The van der Waals surface area contributed by atoms with Crippen LogP contribution in [0.25, 0.3) is 0 Å². The van der Waals surface area contributed by atoms with Crippen molar-refractivity contribution in [3.8, 4) is 0 Å². The van der Waals surface area contributed by atoms with Crippen LogP contribution in [0.3, 0.4) is 0 Å². The average Bonchev–Trinajstić information content (AvgIpc) is 2.37. The maximum Gasteiger partial charge on any atom is 0.328 e. The van der Waals surface area contributed by atoms with Crippen molar-refractivity contribution in [3.63, 3.8) is 0 Å². The Bertz CT molecular complexity index is 535. The van der Waals surface area contributed by atoms with Gasteiger partial charge in [0.2, 0.25) is 5.91 Å². The van der Waals surface area contributed by atoms with Crippen molar-refractivity contribution in [2.75, 3.05) is 6.61 Å². The van der Waals surface area contributed by atoms with E-state index < -0.39 is 11.5 Å². The van der Waals surface area contributed by atoms with E-state index in [0.717, 1.165) is 30.4 Å². The van der Waals surface area contributed by atoms with Crippen LogP contribution in [0, 0.1) is 6.92 Å². The summed E-state index contributed by atoms with van der Waals surface area (Å²) in [6.07, 6.45) is 2.70. The fourth-order valence-electron chi connectivity index (χ4n) is 2.78. The highest BCUT2D eigenvalue weighted by molar-refractivity contribution is 5.92. The minimum absolute atomic E-state index is 0.0695. The third-order valence-electron chi connectivity index (χ3n) is 4.20. The van der Waals surface area contributed by atoms with E-state index in [0.29, 0.717) is 6.61 Å². The number of benzene rings is 1. The van der Waals surface area contributed by atoms with E-state index in [1.165, 1.54) is 0 Å². The summed E-state index contributed by atoms with van der Waals surface area (Å²) in [6.45, 7) is 5.77. The van der Waals surface area contributed by atoms with Crippen LogP contribution in [0.5, 0.6) is 0 Å². The number of esters is 1. The molecule has 2 rings (SSSR count). The van der Waals surface area contributed by atoms with Gasteiger partial charge < -0.3 is 10.1 Å². The predicted molar refractivity (Wildman–Crippen MR) is 80.9 cm³/mol. The maximum atomic E-state index is 12.7. The number of carbonyl (C=O) groups is 2. The minimum atomic E-state index is -0.611. The first kappa shape index (κ1) is 15.5. The van der Waals surface area contributed by atoms with Gasteiger partial charge in [-0.25, -0.2) is 4.79 Å².